The molecule has 0 N–H and O–H groups in total. The average Bonchev–Trinajstić information content (AvgIpc) is 2.69. The minimum atomic E-state index is -1.77. The van der Waals surface area contributed by atoms with Crippen LogP contribution in [0.3, 0.4) is 0 Å². The fraction of sp³-hybridized carbons (Fsp3) is 1.00. The Balaban J connectivity index is 2.90. The third-order valence-corrected chi connectivity index (χ3v) is 13.0. The Bertz CT molecular complexity index is 284. The first-order chi connectivity index (χ1) is 8.94. The third-order valence-electron chi connectivity index (χ3n) is 3.68. The van der Waals surface area contributed by atoms with E-state index in [0.717, 1.165) is 6.54 Å². The van der Waals surface area contributed by atoms with Crippen molar-refractivity contribution in [2.75, 3.05) is 47.3 Å². The molecule has 0 spiro atoms. The third kappa shape index (κ3) is 4.84. The molecular formula is C15H35N4Sb. The molecule has 1 fully saturated rings. The van der Waals surface area contributed by atoms with Gasteiger partial charge in [-0.15, -0.1) is 0 Å². The molecule has 5 heteroatoms. The number of hydrogen-bond donors (Lipinski definition) is 0. The maximum absolute atomic E-state index is 2.82. The monoisotopic (exact) mass is 392 g/mol. The molecule has 0 radical (unpaired) electrons. The Hall–Kier alpha value is 0.658. The molecule has 1 aliphatic heterocycles. The molecule has 0 aliphatic carbocycles. The summed E-state index contributed by atoms with van der Waals surface area (Å²) in [6.45, 7) is 19.0. The summed E-state index contributed by atoms with van der Waals surface area (Å²) in [5, 5.41) is 0. The summed E-state index contributed by atoms with van der Waals surface area (Å²) in [4.78, 5) is 2.29. The molecule has 120 valence electrons. The van der Waals surface area contributed by atoms with E-state index in [0.29, 0.717) is 0 Å². The zero-order chi connectivity index (χ0) is 15.7. The molecule has 1 saturated heterocycles. The summed E-state index contributed by atoms with van der Waals surface area (Å²) in [6, 6.07) is 0. The van der Waals surface area contributed by atoms with Gasteiger partial charge in [0.25, 0.3) is 0 Å². The van der Waals surface area contributed by atoms with Crippen LogP contribution < -0.4 is 0 Å². The van der Waals surface area contributed by atoms with Gasteiger partial charge in [-0.25, -0.2) is 0 Å². The van der Waals surface area contributed by atoms with Crippen molar-refractivity contribution < 1.29 is 0 Å². The van der Waals surface area contributed by atoms with Gasteiger partial charge in [-0.3, -0.25) is 0 Å². The number of rotatable bonds is 4. The predicted octanol–water partition coefficient (Wildman–Crippen LogP) is 1.68. The summed E-state index contributed by atoms with van der Waals surface area (Å²) in [5.74, 6) is 0. The second kappa shape index (κ2) is 6.83. The van der Waals surface area contributed by atoms with Gasteiger partial charge in [0.1, 0.15) is 0 Å². The van der Waals surface area contributed by atoms with Crippen LogP contribution in [0.4, 0.5) is 0 Å². The molecule has 0 aromatic rings. The molecule has 0 aromatic carbocycles. The molecule has 1 rings (SSSR count). The Morgan fingerprint density at radius 3 is 1.50 bits per heavy atom. The van der Waals surface area contributed by atoms with E-state index in [9.17, 15) is 0 Å². The molecule has 0 atom stereocenters. The first kappa shape index (κ1) is 18.7. The second-order valence-corrected chi connectivity index (χ2v) is 14.3. The Morgan fingerprint density at radius 1 is 0.800 bits per heavy atom. The summed E-state index contributed by atoms with van der Waals surface area (Å²) in [5.41, 5.74) is 0.574. The standard InChI is InChI=1S/C10H22N2.C5H13N2.Sb/c1-9(2,3)11-7-8-12-10(4,5)6;1-6-4-5-7(2)3;/h7-8H2,1-6H3;4-5H2,1-3H3;/q-2;-1;+3. The Morgan fingerprint density at radius 2 is 1.20 bits per heavy atom. The number of likely N-dealkylation sites (N-methyl/N-ethyl adjacent to an activating group) is 2. The fourth-order valence-electron chi connectivity index (χ4n) is 2.51. The van der Waals surface area contributed by atoms with Crippen molar-refractivity contribution in [2.24, 2.45) is 0 Å². The van der Waals surface area contributed by atoms with Gasteiger partial charge in [0.2, 0.25) is 0 Å². The van der Waals surface area contributed by atoms with E-state index in [-0.39, 0.29) is 11.1 Å². The zero-order valence-electron chi connectivity index (χ0n) is 15.1. The quantitative estimate of drug-likeness (QED) is 0.674. The molecular weight excluding hydrogens is 358 g/mol. The average molecular weight is 393 g/mol. The minimum absolute atomic E-state index is 0.287. The van der Waals surface area contributed by atoms with E-state index in [4.69, 9.17) is 0 Å². The van der Waals surface area contributed by atoms with Gasteiger partial charge >= 0.3 is 135 Å². The van der Waals surface area contributed by atoms with Gasteiger partial charge in [0, 0.05) is 0 Å². The van der Waals surface area contributed by atoms with Crippen LogP contribution >= 0.6 is 0 Å². The van der Waals surface area contributed by atoms with Crippen LogP contribution in [0.5, 0.6) is 0 Å². The van der Waals surface area contributed by atoms with Crippen LogP contribution in [-0.4, -0.2) is 93.5 Å². The van der Waals surface area contributed by atoms with Crippen LogP contribution in [0.15, 0.2) is 0 Å². The molecule has 0 amide bonds. The summed E-state index contributed by atoms with van der Waals surface area (Å²) in [6.07, 6.45) is 0. The van der Waals surface area contributed by atoms with Crippen molar-refractivity contribution in [1.29, 1.82) is 0 Å². The van der Waals surface area contributed by atoms with Gasteiger partial charge in [0.15, 0.2) is 0 Å². The van der Waals surface area contributed by atoms with Gasteiger partial charge in [-0.05, 0) is 0 Å². The number of nitrogens with zero attached hydrogens (tertiary/aromatic N) is 4. The van der Waals surface area contributed by atoms with Crippen molar-refractivity contribution >= 4 is 21.0 Å². The second-order valence-electron chi connectivity index (χ2n) is 8.04. The number of hydrogen-bond acceptors (Lipinski definition) is 4. The normalized spacial score (nSPS) is 20.6. The molecule has 1 heterocycles. The van der Waals surface area contributed by atoms with Crippen molar-refractivity contribution in [3.05, 3.63) is 0 Å². The maximum atomic E-state index is 2.82. The van der Waals surface area contributed by atoms with E-state index in [2.05, 4.69) is 76.8 Å². The topological polar surface area (TPSA) is 13.0 Å². The molecule has 0 aromatic heterocycles. The fourth-order valence-corrected chi connectivity index (χ4v) is 10.7. The molecule has 4 nitrogen and oxygen atoms in total. The Labute approximate surface area is 135 Å². The van der Waals surface area contributed by atoms with Gasteiger partial charge in [-0.2, -0.15) is 0 Å². The van der Waals surface area contributed by atoms with Crippen molar-refractivity contribution in [2.45, 2.75) is 52.6 Å². The van der Waals surface area contributed by atoms with Crippen LogP contribution in [0.1, 0.15) is 41.5 Å². The van der Waals surface area contributed by atoms with E-state index in [1.807, 2.05) is 0 Å². The summed E-state index contributed by atoms with van der Waals surface area (Å²) in [7, 11) is 6.67. The first-order valence-electron chi connectivity index (χ1n) is 7.65. The molecule has 0 unspecified atom stereocenters. The SMILES string of the molecule is CN(C)CC[N](C)[Sb]1[N](C(C)(C)C)CC[N]1C(C)(C)C. The van der Waals surface area contributed by atoms with E-state index < -0.39 is 21.0 Å². The molecule has 20 heavy (non-hydrogen) atoms. The zero-order valence-corrected chi connectivity index (χ0v) is 17.6. The van der Waals surface area contributed by atoms with E-state index in [1.54, 1.807) is 0 Å². The Kier molecular flexibility index (Phi) is 6.39. The van der Waals surface area contributed by atoms with Crippen LogP contribution in [0.2, 0.25) is 0 Å². The molecule has 0 saturated carbocycles. The molecule has 1 aliphatic rings. The summed E-state index contributed by atoms with van der Waals surface area (Å²) >= 11 is -1.77. The van der Waals surface area contributed by atoms with Gasteiger partial charge < -0.3 is 0 Å². The molecule has 0 bridgehead atoms. The van der Waals surface area contributed by atoms with Crippen LogP contribution in [0, 0.1) is 0 Å². The van der Waals surface area contributed by atoms with Gasteiger partial charge in [0.05, 0.1) is 0 Å². The van der Waals surface area contributed by atoms with E-state index >= 15 is 0 Å². The van der Waals surface area contributed by atoms with Gasteiger partial charge in [-0.1, -0.05) is 0 Å². The predicted molar refractivity (Wildman–Crippen MR) is 89.9 cm³/mol. The first-order valence-corrected chi connectivity index (χ1v) is 11.1. The van der Waals surface area contributed by atoms with Crippen molar-refractivity contribution in [3.8, 4) is 0 Å². The van der Waals surface area contributed by atoms with Crippen molar-refractivity contribution in [3.63, 3.8) is 0 Å². The van der Waals surface area contributed by atoms with Crippen LogP contribution in [-0.2, 0) is 0 Å². The van der Waals surface area contributed by atoms with Crippen LogP contribution in [0.25, 0.3) is 0 Å². The van der Waals surface area contributed by atoms with E-state index in [1.165, 1.54) is 19.6 Å². The summed E-state index contributed by atoms with van der Waals surface area (Å²) < 4.78 is 8.32. The van der Waals surface area contributed by atoms with Crippen molar-refractivity contribution in [1.82, 2.24) is 14.1 Å².